The molecule has 4 heteroatoms. The lowest BCUT2D eigenvalue weighted by molar-refractivity contribution is 0.284. The normalized spacial score (nSPS) is 16.7. The topological polar surface area (TPSA) is 31.4 Å². The number of hydrogen-bond donors (Lipinski definition) is 1. The molecule has 21 heavy (non-hydrogen) atoms. The van der Waals surface area contributed by atoms with Gasteiger partial charge in [-0.2, -0.15) is 0 Å². The number of hydrogen-bond acceptors (Lipinski definition) is 4. The SMILES string of the molecule is CCCNCc1ccnc(N2CCC(CN(C)C)CC2)c1. The van der Waals surface area contributed by atoms with E-state index in [9.17, 15) is 0 Å². The molecule has 0 atom stereocenters. The summed E-state index contributed by atoms with van der Waals surface area (Å²) in [7, 11) is 4.33. The number of nitrogens with one attached hydrogen (secondary N) is 1. The standard InChI is InChI=1S/C17H30N4/c1-4-8-18-13-16-5-9-19-17(12-16)21-10-6-15(7-11-21)14-20(2)3/h5,9,12,15,18H,4,6-8,10-11,13-14H2,1-3H3. The quantitative estimate of drug-likeness (QED) is 0.781. The van der Waals surface area contributed by atoms with Crippen LogP contribution in [0.3, 0.4) is 0 Å². The largest absolute Gasteiger partial charge is 0.357 e. The predicted molar refractivity (Wildman–Crippen MR) is 89.7 cm³/mol. The second-order valence-electron chi connectivity index (χ2n) is 6.39. The summed E-state index contributed by atoms with van der Waals surface area (Å²) in [6, 6.07) is 4.36. The summed E-state index contributed by atoms with van der Waals surface area (Å²) in [5.74, 6) is 1.99. The fourth-order valence-corrected chi connectivity index (χ4v) is 3.01. The van der Waals surface area contributed by atoms with Gasteiger partial charge in [-0.1, -0.05) is 6.92 Å². The lowest BCUT2D eigenvalue weighted by Gasteiger charge is -2.34. The predicted octanol–water partition coefficient (Wildman–Crippen LogP) is 2.36. The first-order valence-electron chi connectivity index (χ1n) is 8.24. The molecular formula is C17H30N4. The molecule has 0 amide bonds. The van der Waals surface area contributed by atoms with Gasteiger partial charge in [0.25, 0.3) is 0 Å². The lowest BCUT2D eigenvalue weighted by atomic mass is 9.96. The minimum Gasteiger partial charge on any atom is -0.357 e. The van der Waals surface area contributed by atoms with Crippen LogP contribution in [-0.2, 0) is 6.54 Å². The van der Waals surface area contributed by atoms with E-state index in [2.05, 4.69) is 53.3 Å². The number of pyridine rings is 1. The number of aromatic nitrogens is 1. The summed E-state index contributed by atoms with van der Waals surface area (Å²) in [5, 5.41) is 3.46. The Kier molecular flexibility index (Phi) is 6.46. The van der Waals surface area contributed by atoms with E-state index in [1.807, 2.05) is 6.20 Å². The molecule has 0 spiro atoms. The highest BCUT2D eigenvalue weighted by Crippen LogP contribution is 2.22. The molecule has 118 valence electrons. The van der Waals surface area contributed by atoms with Gasteiger partial charge in [0.05, 0.1) is 0 Å². The Morgan fingerprint density at radius 1 is 1.33 bits per heavy atom. The smallest absolute Gasteiger partial charge is 0.128 e. The van der Waals surface area contributed by atoms with Crippen molar-refractivity contribution in [2.24, 2.45) is 5.92 Å². The van der Waals surface area contributed by atoms with Gasteiger partial charge in [0, 0.05) is 32.4 Å². The van der Waals surface area contributed by atoms with Gasteiger partial charge in [0.15, 0.2) is 0 Å². The van der Waals surface area contributed by atoms with E-state index in [1.54, 1.807) is 0 Å². The lowest BCUT2D eigenvalue weighted by Crippen LogP contribution is -2.37. The molecule has 1 aliphatic rings. The van der Waals surface area contributed by atoms with E-state index in [0.29, 0.717) is 0 Å². The van der Waals surface area contributed by atoms with Crippen LogP contribution in [0.1, 0.15) is 31.7 Å². The summed E-state index contributed by atoms with van der Waals surface area (Å²) < 4.78 is 0. The molecule has 0 bridgehead atoms. The second kappa shape index (κ2) is 8.35. The maximum absolute atomic E-state index is 4.57. The Morgan fingerprint density at radius 2 is 2.10 bits per heavy atom. The average Bonchev–Trinajstić information content (AvgIpc) is 2.48. The van der Waals surface area contributed by atoms with E-state index >= 15 is 0 Å². The van der Waals surface area contributed by atoms with Gasteiger partial charge in [-0.15, -0.1) is 0 Å². The second-order valence-corrected chi connectivity index (χ2v) is 6.39. The van der Waals surface area contributed by atoms with E-state index in [1.165, 1.54) is 31.4 Å². The third-order valence-electron chi connectivity index (χ3n) is 4.13. The van der Waals surface area contributed by atoms with Crippen LogP contribution in [0.25, 0.3) is 0 Å². The van der Waals surface area contributed by atoms with Crippen LogP contribution in [0.5, 0.6) is 0 Å². The Bertz CT molecular complexity index is 411. The van der Waals surface area contributed by atoms with Gasteiger partial charge in [0.1, 0.15) is 5.82 Å². The van der Waals surface area contributed by atoms with Gasteiger partial charge in [-0.3, -0.25) is 0 Å². The Balaban J connectivity index is 1.86. The fraction of sp³-hybridized carbons (Fsp3) is 0.706. The molecule has 1 fully saturated rings. The summed E-state index contributed by atoms with van der Waals surface area (Å²) in [5.41, 5.74) is 1.34. The highest BCUT2D eigenvalue weighted by molar-refractivity contribution is 5.41. The molecule has 0 saturated carbocycles. The van der Waals surface area contributed by atoms with Gasteiger partial charge in [0.2, 0.25) is 0 Å². The number of rotatable bonds is 7. The Hall–Kier alpha value is -1.13. The van der Waals surface area contributed by atoms with Crippen molar-refractivity contribution >= 4 is 5.82 Å². The minimum absolute atomic E-state index is 0.839. The molecule has 0 aliphatic carbocycles. The monoisotopic (exact) mass is 290 g/mol. The van der Waals surface area contributed by atoms with E-state index in [0.717, 1.165) is 37.9 Å². The van der Waals surface area contributed by atoms with Gasteiger partial charge >= 0.3 is 0 Å². The van der Waals surface area contributed by atoms with Crippen LogP contribution >= 0.6 is 0 Å². The van der Waals surface area contributed by atoms with E-state index in [4.69, 9.17) is 0 Å². The molecule has 0 unspecified atom stereocenters. The minimum atomic E-state index is 0.839. The summed E-state index contributed by atoms with van der Waals surface area (Å²) in [4.78, 5) is 9.31. The number of nitrogens with zero attached hydrogens (tertiary/aromatic N) is 3. The van der Waals surface area contributed by atoms with Gasteiger partial charge < -0.3 is 15.1 Å². The van der Waals surface area contributed by atoms with Crippen molar-refractivity contribution in [2.45, 2.75) is 32.7 Å². The molecule has 1 N–H and O–H groups in total. The van der Waals surface area contributed by atoms with Gasteiger partial charge in [-0.25, -0.2) is 4.98 Å². The number of piperidine rings is 1. The third kappa shape index (κ3) is 5.29. The molecule has 0 radical (unpaired) electrons. The zero-order chi connectivity index (χ0) is 15.1. The fourth-order valence-electron chi connectivity index (χ4n) is 3.01. The summed E-state index contributed by atoms with van der Waals surface area (Å²) >= 11 is 0. The highest BCUT2D eigenvalue weighted by atomic mass is 15.2. The maximum Gasteiger partial charge on any atom is 0.128 e. The van der Waals surface area contributed by atoms with Crippen molar-refractivity contribution in [1.29, 1.82) is 0 Å². The van der Waals surface area contributed by atoms with Crippen LogP contribution < -0.4 is 10.2 Å². The zero-order valence-electron chi connectivity index (χ0n) is 13.8. The van der Waals surface area contributed by atoms with Crippen molar-refractivity contribution in [3.05, 3.63) is 23.9 Å². The van der Waals surface area contributed by atoms with Crippen LogP contribution in [0.2, 0.25) is 0 Å². The Labute approximate surface area is 129 Å². The number of anilines is 1. The molecule has 2 heterocycles. The first-order chi connectivity index (χ1) is 10.2. The van der Waals surface area contributed by atoms with Crippen LogP contribution in [0.4, 0.5) is 5.82 Å². The molecular weight excluding hydrogens is 260 g/mol. The van der Waals surface area contributed by atoms with Crippen molar-refractivity contribution in [1.82, 2.24) is 15.2 Å². The van der Waals surface area contributed by atoms with Crippen LogP contribution in [0, 0.1) is 5.92 Å². The van der Waals surface area contributed by atoms with Crippen molar-refractivity contribution in [3.63, 3.8) is 0 Å². The van der Waals surface area contributed by atoms with E-state index in [-0.39, 0.29) is 0 Å². The first kappa shape index (κ1) is 16.2. The van der Waals surface area contributed by atoms with Crippen LogP contribution in [-0.4, -0.2) is 50.2 Å². The first-order valence-corrected chi connectivity index (χ1v) is 8.24. The van der Waals surface area contributed by atoms with Crippen molar-refractivity contribution in [2.75, 3.05) is 45.2 Å². The van der Waals surface area contributed by atoms with Crippen molar-refractivity contribution < 1.29 is 0 Å². The van der Waals surface area contributed by atoms with Gasteiger partial charge in [-0.05, 0) is 63.5 Å². The maximum atomic E-state index is 4.57. The molecule has 1 saturated heterocycles. The average molecular weight is 290 g/mol. The summed E-state index contributed by atoms with van der Waals surface area (Å²) in [6.45, 7) is 7.70. The highest BCUT2D eigenvalue weighted by Gasteiger charge is 2.20. The van der Waals surface area contributed by atoms with Crippen LogP contribution in [0.15, 0.2) is 18.3 Å². The Morgan fingerprint density at radius 3 is 2.76 bits per heavy atom. The molecule has 1 aromatic rings. The molecule has 1 aromatic heterocycles. The molecule has 4 nitrogen and oxygen atoms in total. The zero-order valence-corrected chi connectivity index (χ0v) is 13.8. The molecule has 1 aliphatic heterocycles. The van der Waals surface area contributed by atoms with Crippen molar-refractivity contribution in [3.8, 4) is 0 Å². The molecule has 0 aromatic carbocycles. The summed E-state index contributed by atoms with van der Waals surface area (Å²) in [6.07, 6.45) is 5.68. The van der Waals surface area contributed by atoms with E-state index < -0.39 is 0 Å². The third-order valence-corrected chi connectivity index (χ3v) is 4.13. The molecule has 2 rings (SSSR count).